The number of amides is 1. The Labute approximate surface area is 175 Å². The van der Waals surface area contributed by atoms with Gasteiger partial charge in [0, 0.05) is 30.8 Å². The van der Waals surface area contributed by atoms with Crippen LogP contribution in [0.5, 0.6) is 0 Å². The summed E-state index contributed by atoms with van der Waals surface area (Å²) in [5.41, 5.74) is 0.126. The summed E-state index contributed by atoms with van der Waals surface area (Å²) >= 11 is 8.01. The number of nitrogens with zero attached hydrogens (tertiary/aromatic N) is 5. The van der Waals surface area contributed by atoms with Crippen LogP contribution in [0.4, 0.5) is 5.69 Å². The Kier molecular flexibility index (Phi) is 5.04. The third kappa shape index (κ3) is 3.28. The number of benzene rings is 1. The molecular formula is C19H20ClN5O3S. The minimum Gasteiger partial charge on any atom is -0.310 e. The maximum atomic E-state index is 13.3. The third-order valence-electron chi connectivity index (χ3n) is 5.14. The number of para-hydroxylation sites is 1. The van der Waals surface area contributed by atoms with Crippen LogP contribution >= 0.6 is 23.4 Å². The number of aryl methyl sites for hydroxylation is 1. The second kappa shape index (κ2) is 7.38. The molecule has 1 atom stereocenters. The van der Waals surface area contributed by atoms with Crippen LogP contribution in [0.25, 0.3) is 11.2 Å². The summed E-state index contributed by atoms with van der Waals surface area (Å²) < 4.78 is 3.62. The SMILES string of the molecule is C[C@H]1CCN(C(=O)Cn2c(Cl)nc3c2c(=O)n(C)c(=O)n3C)c2ccccc2S1. The van der Waals surface area contributed by atoms with E-state index in [4.69, 9.17) is 11.6 Å². The molecule has 1 aliphatic heterocycles. The topological polar surface area (TPSA) is 82.1 Å². The molecule has 0 fully saturated rings. The van der Waals surface area contributed by atoms with E-state index in [2.05, 4.69) is 11.9 Å². The number of anilines is 1. The minimum absolute atomic E-state index is 0.00231. The number of halogens is 1. The molecule has 1 amide bonds. The van der Waals surface area contributed by atoms with E-state index >= 15 is 0 Å². The number of carbonyl (C=O) groups excluding carboxylic acids is 1. The molecule has 0 spiro atoms. The first-order chi connectivity index (χ1) is 13.8. The summed E-state index contributed by atoms with van der Waals surface area (Å²) in [6.07, 6.45) is 0.847. The Morgan fingerprint density at radius 3 is 2.72 bits per heavy atom. The molecule has 3 heterocycles. The lowest BCUT2D eigenvalue weighted by Crippen LogP contribution is -2.39. The number of hydrogen-bond acceptors (Lipinski definition) is 5. The first kappa shape index (κ1) is 19.8. The third-order valence-corrected chi connectivity index (χ3v) is 6.67. The Morgan fingerprint density at radius 1 is 1.24 bits per heavy atom. The van der Waals surface area contributed by atoms with Crippen LogP contribution in [0.3, 0.4) is 0 Å². The molecule has 0 saturated carbocycles. The quantitative estimate of drug-likeness (QED) is 0.577. The second-order valence-corrected chi connectivity index (χ2v) is 8.89. The molecule has 2 aromatic heterocycles. The van der Waals surface area contributed by atoms with Gasteiger partial charge in [0.05, 0.1) is 5.69 Å². The van der Waals surface area contributed by atoms with E-state index in [0.29, 0.717) is 11.8 Å². The molecule has 0 aliphatic carbocycles. The van der Waals surface area contributed by atoms with E-state index < -0.39 is 11.2 Å². The van der Waals surface area contributed by atoms with Crippen molar-refractivity contribution in [2.24, 2.45) is 14.1 Å². The van der Waals surface area contributed by atoms with Crippen LogP contribution in [0.15, 0.2) is 38.8 Å². The zero-order chi connectivity index (χ0) is 20.9. The van der Waals surface area contributed by atoms with Crippen LogP contribution in [0, 0.1) is 0 Å². The average Bonchev–Trinajstić information content (AvgIpc) is 2.91. The molecule has 0 unspecified atom stereocenters. The van der Waals surface area contributed by atoms with Gasteiger partial charge in [-0.15, -0.1) is 11.8 Å². The smallest absolute Gasteiger partial charge is 0.310 e. The van der Waals surface area contributed by atoms with Gasteiger partial charge in [-0.05, 0) is 30.2 Å². The number of rotatable bonds is 2. The van der Waals surface area contributed by atoms with Crippen molar-refractivity contribution in [3.05, 3.63) is 50.4 Å². The standard InChI is InChI=1S/C19H20ClN5O3S/c1-11-8-9-24(12-6-4-5-7-13(12)29-11)14(26)10-25-15-16(21-18(25)20)22(2)19(28)23(3)17(15)27/h4-7,11H,8-10H2,1-3H3/t11-/m0/s1. The summed E-state index contributed by atoms with van der Waals surface area (Å²) in [6.45, 7) is 2.57. The van der Waals surface area contributed by atoms with Gasteiger partial charge in [-0.25, -0.2) is 4.79 Å². The van der Waals surface area contributed by atoms with E-state index in [1.54, 1.807) is 16.7 Å². The van der Waals surface area contributed by atoms with Gasteiger partial charge in [-0.2, -0.15) is 4.98 Å². The number of aromatic nitrogens is 4. The highest BCUT2D eigenvalue weighted by Crippen LogP contribution is 2.37. The lowest BCUT2D eigenvalue weighted by Gasteiger charge is -2.23. The summed E-state index contributed by atoms with van der Waals surface area (Å²) in [5.74, 6) is -0.191. The molecule has 0 saturated heterocycles. The van der Waals surface area contributed by atoms with Gasteiger partial charge in [-0.1, -0.05) is 19.1 Å². The molecule has 0 bridgehead atoms. The molecule has 0 N–H and O–H groups in total. The van der Waals surface area contributed by atoms with Crippen LogP contribution < -0.4 is 16.1 Å². The summed E-state index contributed by atoms with van der Waals surface area (Å²) in [7, 11) is 2.91. The Bertz CT molecular complexity index is 1250. The van der Waals surface area contributed by atoms with Gasteiger partial charge < -0.3 is 4.90 Å². The molecule has 1 aliphatic rings. The number of thioether (sulfide) groups is 1. The maximum Gasteiger partial charge on any atom is 0.332 e. The lowest BCUT2D eigenvalue weighted by atomic mass is 10.2. The number of carbonyl (C=O) groups is 1. The van der Waals surface area contributed by atoms with Gasteiger partial charge in [0.25, 0.3) is 5.56 Å². The fourth-order valence-electron chi connectivity index (χ4n) is 3.53. The van der Waals surface area contributed by atoms with Crippen molar-refractivity contribution in [2.75, 3.05) is 11.4 Å². The first-order valence-electron chi connectivity index (χ1n) is 9.17. The van der Waals surface area contributed by atoms with E-state index in [9.17, 15) is 14.4 Å². The molecule has 0 radical (unpaired) electrons. The number of fused-ring (bicyclic) bond motifs is 2. The highest BCUT2D eigenvalue weighted by molar-refractivity contribution is 8.00. The predicted molar refractivity (Wildman–Crippen MR) is 114 cm³/mol. The molecule has 4 rings (SSSR count). The Balaban J connectivity index is 1.79. The molecular weight excluding hydrogens is 414 g/mol. The van der Waals surface area contributed by atoms with E-state index in [1.165, 1.54) is 23.2 Å². The minimum atomic E-state index is -0.532. The molecule has 29 heavy (non-hydrogen) atoms. The normalized spacial score (nSPS) is 16.7. The van der Waals surface area contributed by atoms with Gasteiger partial charge in [0.1, 0.15) is 6.54 Å². The van der Waals surface area contributed by atoms with Crippen molar-refractivity contribution in [1.29, 1.82) is 0 Å². The Hall–Kier alpha value is -2.52. The summed E-state index contributed by atoms with van der Waals surface area (Å²) in [4.78, 5) is 45.0. The van der Waals surface area contributed by atoms with Crippen molar-refractivity contribution in [3.63, 3.8) is 0 Å². The van der Waals surface area contributed by atoms with Gasteiger partial charge in [0.2, 0.25) is 11.2 Å². The van der Waals surface area contributed by atoms with E-state index in [1.807, 2.05) is 24.3 Å². The van der Waals surface area contributed by atoms with Gasteiger partial charge in [-0.3, -0.25) is 23.3 Å². The fourth-order valence-corrected chi connectivity index (χ4v) is 4.87. The zero-order valence-corrected chi connectivity index (χ0v) is 17.8. The van der Waals surface area contributed by atoms with Crippen LogP contribution in [-0.4, -0.2) is 36.4 Å². The van der Waals surface area contributed by atoms with Crippen molar-refractivity contribution in [1.82, 2.24) is 18.7 Å². The average molecular weight is 434 g/mol. The molecule has 3 aromatic rings. The molecule has 152 valence electrons. The highest BCUT2D eigenvalue weighted by Gasteiger charge is 2.26. The van der Waals surface area contributed by atoms with Crippen molar-refractivity contribution in [2.45, 2.75) is 30.0 Å². The van der Waals surface area contributed by atoms with Gasteiger partial charge in [0.15, 0.2) is 11.2 Å². The monoisotopic (exact) mass is 433 g/mol. The van der Waals surface area contributed by atoms with Crippen LogP contribution in [0.1, 0.15) is 13.3 Å². The summed E-state index contributed by atoms with van der Waals surface area (Å²) in [6, 6.07) is 7.79. The molecule has 10 heteroatoms. The predicted octanol–water partition coefficient (Wildman–Crippen LogP) is 2.00. The zero-order valence-electron chi connectivity index (χ0n) is 16.3. The highest BCUT2D eigenvalue weighted by atomic mass is 35.5. The molecule has 1 aromatic carbocycles. The van der Waals surface area contributed by atoms with E-state index in [-0.39, 0.29) is 28.9 Å². The van der Waals surface area contributed by atoms with Crippen LogP contribution in [-0.2, 0) is 25.4 Å². The maximum absolute atomic E-state index is 13.3. The number of hydrogen-bond donors (Lipinski definition) is 0. The largest absolute Gasteiger partial charge is 0.332 e. The Morgan fingerprint density at radius 2 is 1.97 bits per heavy atom. The number of imidazole rings is 1. The van der Waals surface area contributed by atoms with Crippen LogP contribution in [0.2, 0.25) is 5.28 Å². The van der Waals surface area contributed by atoms with Gasteiger partial charge >= 0.3 is 5.69 Å². The fraction of sp³-hybridized carbons (Fsp3) is 0.368. The van der Waals surface area contributed by atoms with Crippen molar-refractivity contribution >= 4 is 46.1 Å². The molecule has 8 nitrogen and oxygen atoms in total. The van der Waals surface area contributed by atoms with Crippen molar-refractivity contribution in [3.8, 4) is 0 Å². The second-order valence-electron chi connectivity index (χ2n) is 7.08. The first-order valence-corrected chi connectivity index (χ1v) is 10.4. The lowest BCUT2D eigenvalue weighted by molar-refractivity contribution is -0.119. The summed E-state index contributed by atoms with van der Waals surface area (Å²) in [5, 5.41) is 0.380. The van der Waals surface area contributed by atoms with E-state index in [0.717, 1.165) is 21.6 Å². The van der Waals surface area contributed by atoms with Crippen molar-refractivity contribution < 1.29 is 4.79 Å².